The minimum atomic E-state index is -0.121. The van der Waals surface area contributed by atoms with Crippen LogP contribution in [0.1, 0.15) is 44.9 Å². The van der Waals surface area contributed by atoms with Crippen molar-refractivity contribution in [1.29, 1.82) is 0 Å². The van der Waals surface area contributed by atoms with Gasteiger partial charge in [0.25, 0.3) is 0 Å². The fourth-order valence-electron chi connectivity index (χ4n) is 2.94. The van der Waals surface area contributed by atoms with Gasteiger partial charge in [-0.25, -0.2) is 0 Å². The maximum atomic E-state index is 12.3. The summed E-state index contributed by atoms with van der Waals surface area (Å²) >= 11 is 0. The Morgan fingerprint density at radius 3 is 2.42 bits per heavy atom. The van der Waals surface area contributed by atoms with E-state index in [1.54, 1.807) is 0 Å². The lowest BCUT2D eigenvalue weighted by Crippen LogP contribution is -2.47. The minimum Gasteiger partial charge on any atom is -0.308 e. The Hall–Kier alpha value is -1.36. The van der Waals surface area contributed by atoms with E-state index in [-0.39, 0.29) is 11.9 Å². The van der Waals surface area contributed by atoms with Gasteiger partial charge < -0.3 is 5.32 Å². The first-order valence-corrected chi connectivity index (χ1v) is 7.01. The molecule has 1 saturated heterocycles. The van der Waals surface area contributed by atoms with Crippen molar-refractivity contribution in [2.45, 2.75) is 65.6 Å². The van der Waals surface area contributed by atoms with Gasteiger partial charge in [0.05, 0.1) is 6.04 Å². The smallest absolute Gasteiger partial charge is 0.242 e. The molecule has 1 aliphatic rings. The highest BCUT2D eigenvalue weighted by molar-refractivity contribution is 5.94. The quantitative estimate of drug-likeness (QED) is 0.880. The molecular weight excluding hydrogens is 240 g/mol. The number of aromatic nitrogens is 2. The maximum Gasteiger partial charge on any atom is 0.242 e. The molecule has 5 heteroatoms. The van der Waals surface area contributed by atoms with Crippen LogP contribution in [0.5, 0.6) is 0 Å². The van der Waals surface area contributed by atoms with E-state index in [1.165, 1.54) is 12.8 Å². The van der Waals surface area contributed by atoms with Crippen LogP contribution in [0.15, 0.2) is 0 Å². The number of H-pyrrole nitrogens is 1. The third-order valence-corrected chi connectivity index (χ3v) is 4.34. The molecule has 0 aromatic carbocycles. The first-order chi connectivity index (χ1) is 8.91. The SMILES string of the molecule is Cc1[nH]nc(NC(=O)C(C)N2C(C)CCC2C)c1C. The van der Waals surface area contributed by atoms with Crippen LogP contribution in [-0.4, -0.2) is 39.1 Å². The van der Waals surface area contributed by atoms with E-state index < -0.39 is 0 Å². The molecule has 5 nitrogen and oxygen atoms in total. The number of carbonyl (C=O) groups is 1. The number of nitrogens with zero attached hydrogens (tertiary/aromatic N) is 2. The Labute approximate surface area is 114 Å². The molecule has 1 amide bonds. The highest BCUT2D eigenvalue weighted by Crippen LogP contribution is 2.26. The molecule has 2 rings (SSSR count). The first-order valence-electron chi connectivity index (χ1n) is 7.01. The standard InChI is InChI=1S/C14H24N4O/c1-8-6-7-9(2)18(8)12(5)14(19)15-13-10(3)11(4)16-17-13/h8-9,12H,6-7H2,1-5H3,(H2,15,16,17,19). The summed E-state index contributed by atoms with van der Waals surface area (Å²) in [6.45, 7) is 10.3. The van der Waals surface area contributed by atoms with Crippen molar-refractivity contribution in [3.8, 4) is 0 Å². The minimum absolute atomic E-state index is 0.0233. The molecule has 3 atom stereocenters. The molecule has 2 N–H and O–H groups in total. The number of rotatable bonds is 3. The lowest BCUT2D eigenvalue weighted by molar-refractivity contribution is -0.121. The highest BCUT2D eigenvalue weighted by Gasteiger charge is 2.34. The molecule has 0 bridgehead atoms. The van der Waals surface area contributed by atoms with Crippen LogP contribution in [0.3, 0.4) is 0 Å². The van der Waals surface area contributed by atoms with Crippen molar-refractivity contribution >= 4 is 11.7 Å². The lowest BCUT2D eigenvalue weighted by Gasteiger charge is -2.31. The third-order valence-electron chi connectivity index (χ3n) is 4.34. The van der Waals surface area contributed by atoms with Gasteiger partial charge in [-0.05, 0) is 47.5 Å². The van der Waals surface area contributed by atoms with E-state index in [9.17, 15) is 4.79 Å². The fraction of sp³-hybridized carbons (Fsp3) is 0.714. The van der Waals surface area contributed by atoms with Crippen LogP contribution in [0.25, 0.3) is 0 Å². The molecule has 1 aromatic heterocycles. The molecule has 0 aliphatic carbocycles. The van der Waals surface area contributed by atoms with Gasteiger partial charge in [-0.1, -0.05) is 0 Å². The molecule has 0 saturated carbocycles. The number of likely N-dealkylation sites (tertiary alicyclic amines) is 1. The largest absolute Gasteiger partial charge is 0.308 e. The summed E-state index contributed by atoms with van der Waals surface area (Å²) in [5.74, 6) is 0.670. The maximum absolute atomic E-state index is 12.3. The van der Waals surface area contributed by atoms with E-state index in [0.717, 1.165) is 11.3 Å². The Bertz CT molecular complexity index is 458. The van der Waals surface area contributed by atoms with Crippen molar-refractivity contribution in [3.63, 3.8) is 0 Å². The molecule has 19 heavy (non-hydrogen) atoms. The van der Waals surface area contributed by atoms with Gasteiger partial charge in [-0.15, -0.1) is 0 Å². The average molecular weight is 264 g/mol. The van der Waals surface area contributed by atoms with Crippen LogP contribution in [0.2, 0.25) is 0 Å². The molecule has 106 valence electrons. The second-order valence-corrected chi connectivity index (χ2v) is 5.71. The number of anilines is 1. The highest BCUT2D eigenvalue weighted by atomic mass is 16.2. The fourth-order valence-corrected chi connectivity index (χ4v) is 2.94. The summed E-state index contributed by atoms with van der Waals surface area (Å²) in [6, 6.07) is 0.819. The number of hydrogen-bond donors (Lipinski definition) is 2. The average Bonchev–Trinajstić information content (AvgIpc) is 2.85. The molecule has 2 heterocycles. The monoisotopic (exact) mass is 264 g/mol. The van der Waals surface area contributed by atoms with E-state index in [0.29, 0.717) is 17.9 Å². The molecule has 1 aliphatic heterocycles. The van der Waals surface area contributed by atoms with Gasteiger partial charge in [-0.2, -0.15) is 5.10 Å². The van der Waals surface area contributed by atoms with Crippen LogP contribution in [0, 0.1) is 13.8 Å². The molecule has 0 radical (unpaired) electrons. The van der Waals surface area contributed by atoms with Crippen molar-refractivity contribution in [3.05, 3.63) is 11.3 Å². The van der Waals surface area contributed by atoms with Crippen LogP contribution >= 0.6 is 0 Å². The Balaban J connectivity index is 2.05. The zero-order valence-corrected chi connectivity index (χ0v) is 12.4. The number of hydrogen-bond acceptors (Lipinski definition) is 3. The van der Waals surface area contributed by atoms with Gasteiger partial charge in [0.1, 0.15) is 0 Å². The predicted octanol–water partition coefficient (Wildman–Crippen LogP) is 2.23. The van der Waals surface area contributed by atoms with E-state index in [4.69, 9.17) is 0 Å². The van der Waals surface area contributed by atoms with E-state index in [2.05, 4.69) is 34.3 Å². The number of amides is 1. The third kappa shape index (κ3) is 2.66. The lowest BCUT2D eigenvalue weighted by atomic mass is 10.2. The van der Waals surface area contributed by atoms with E-state index >= 15 is 0 Å². The van der Waals surface area contributed by atoms with Gasteiger partial charge in [0, 0.05) is 23.3 Å². The second-order valence-electron chi connectivity index (χ2n) is 5.71. The van der Waals surface area contributed by atoms with Crippen molar-refractivity contribution in [2.24, 2.45) is 0 Å². The summed E-state index contributed by atoms with van der Waals surface area (Å²) in [5.41, 5.74) is 1.99. The van der Waals surface area contributed by atoms with Crippen LogP contribution in [0.4, 0.5) is 5.82 Å². The number of aromatic amines is 1. The van der Waals surface area contributed by atoms with Crippen molar-refractivity contribution < 1.29 is 4.79 Å². The van der Waals surface area contributed by atoms with Crippen LogP contribution < -0.4 is 5.32 Å². The first kappa shape index (κ1) is 14.1. The predicted molar refractivity (Wildman–Crippen MR) is 76.2 cm³/mol. The topological polar surface area (TPSA) is 61.0 Å². The zero-order valence-electron chi connectivity index (χ0n) is 12.4. The molecule has 0 spiro atoms. The summed E-state index contributed by atoms with van der Waals surface area (Å²) in [5, 5.41) is 9.94. The summed E-state index contributed by atoms with van der Waals surface area (Å²) in [4.78, 5) is 14.6. The van der Waals surface area contributed by atoms with Crippen LogP contribution in [-0.2, 0) is 4.79 Å². The number of aryl methyl sites for hydroxylation is 1. The van der Waals surface area contributed by atoms with Gasteiger partial charge >= 0.3 is 0 Å². The normalized spacial score (nSPS) is 25.5. The number of nitrogens with one attached hydrogen (secondary N) is 2. The van der Waals surface area contributed by atoms with Gasteiger partial charge in [0.15, 0.2) is 5.82 Å². The summed E-state index contributed by atoms with van der Waals surface area (Å²) in [6.07, 6.45) is 2.33. The van der Waals surface area contributed by atoms with Gasteiger partial charge in [-0.3, -0.25) is 14.8 Å². The zero-order chi connectivity index (χ0) is 14.2. The summed E-state index contributed by atoms with van der Waals surface area (Å²) in [7, 11) is 0. The Morgan fingerprint density at radius 2 is 1.95 bits per heavy atom. The van der Waals surface area contributed by atoms with Crippen molar-refractivity contribution in [1.82, 2.24) is 15.1 Å². The van der Waals surface area contributed by atoms with Crippen molar-refractivity contribution in [2.75, 3.05) is 5.32 Å². The molecule has 3 unspecified atom stereocenters. The van der Waals surface area contributed by atoms with Gasteiger partial charge in [0.2, 0.25) is 5.91 Å². The second kappa shape index (κ2) is 5.33. The Morgan fingerprint density at radius 1 is 1.37 bits per heavy atom. The molecule has 1 fully saturated rings. The molecule has 1 aromatic rings. The molecular formula is C14H24N4O. The summed E-state index contributed by atoms with van der Waals surface area (Å²) < 4.78 is 0. The van der Waals surface area contributed by atoms with E-state index in [1.807, 2.05) is 20.8 Å². The Kier molecular flexibility index (Phi) is 3.94. The number of carbonyl (C=O) groups excluding carboxylic acids is 1.